The molecule has 0 aromatic carbocycles. The molecule has 19 heavy (non-hydrogen) atoms. The van der Waals surface area contributed by atoms with Crippen LogP contribution >= 0.6 is 0 Å². The highest BCUT2D eigenvalue weighted by atomic mass is 16.4. The maximum absolute atomic E-state index is 12.1. The van der Waals surface area contributed by atoms with Gasteiger partial charge in [0.25, 0.3) is 0 Å². The summed E-state index contributed by atoms with van der Waals surface area (Å²) in [6, 6.07) is -1.23. The van der Waals surface area contributed by atoms with Crippen molar-refractivity contribution in [1.29, 1.82) is 0 Å². The van der Waals surface area contributed by atoms with Crippen molar-refractivity contribution in [2.24, 2.45) is 5.92 Å². The number of carboxylic acid groups (broad SMARTS) is 1. The van der Waals surface area contributed by atoms with Gasteiger partial charge in [-0.25, -0.2) is 9.59 Å². The van der Waals surface area contributed by atoms with Gasteiger partial charge in [-0.3, -0.25) is 0 Å². The lowest BCUT2D eigenvalue weighted by Gasteiger charge is -2.26. The maximum atomic E-state index is 12.1. The number of amides is 2. The molecule has 0 aromatic heterocycles. The van der Waals surface area contributed by atoms with Crippen molar-refractivity contribution in [3.63, 3.8) is 0 Å². The molecule has 3 atom stereocenters. The molecule has 0 bridgehead atoms. The predicted octanol–water partition coefficient (Wildman–Crippen LogP) is 0.794. The monoisotopic (exact) mass is 270 g/mol. The summed E-state index contributed by atoms with van der Waals surface area (Å²) in [6.45, 7) is 2.07. The van der Waals surface area contributed by atoms with Crippen molar-refractivity contribution in [3.05, 3.63) is 0 Å². The fourth-order valence-corrected chi connectivity index (χ4v) is 3.13. The Hall–Kier alpha value is -1.30. The molecule has 3 N–H and O–H groups in total. The van der Waals surface area contributed by atoms with Gasteiger partial charge in [0.1, 0.15) is 6.04 Å². The van der Waals surface area contributed by atoms with Gasteiger partial charge in [-0.1, -0.05) is 12.8 Å². The van der Waals surface area contributed by atoms with E-state index >= 15 is 0 Å². The van der Waals surface area contributed by atoms with E-state index in [9.17, 15) is 14.7 Å². The molecule has 1 unspecified atom stereocenters. The third-order valence-electron chi connectivity index (χ3n) is 4.28. The van der Waals surface area contributed by atoms with Crippen LogP contribution in [0.25, 0.3) is 0 Å². The number of carbonyl (C=O) groups excluding carboxylic acids is 1. The van der Waals surface area contributed by atoms with Crippen LogP contribution in [-0.2, 0) is 4.79 Å². The first-order chi connectivity index (χ1) is 8.99. The van der Waals surface area contributed by atoms with Crippen molar-refractivity contribution in [3.8, 4) is 0 Å². The number of β-amino-alcohol motifs (C(OH)–C–C–N with tert-alkyl or cyclic N) is 1. The molecule has 2 rings (SSSR count). The Kier molecular flexibility index (Phi) is 4.29. The van der Waals surface area contributed by atoms with Crippen LogP contribution in [0, 0.1) is 5.92 Å². The summed E-state index contributed by atoms with van der Waals surface area (Å²) in [4.78, 5) is 24.4. The third-order valence-corrected chi connectivity index (χ3v) is 4.28. The highest BCUT2D eigenvalue weighted by molar-refractivity contribution is 5.83. The van der Waals surface area contributed by atoms with E-state index < -0.39 is 18.1 Å². The molecular weight excluding hydrogens is 248 g/mol. The number of rotatable bonds is 3. The summed E-state index contributed by atoms with van der Waals surface area (Å²) >= 11 is 0. The van der Waals surface area contributed by atoms with Gasteiger partial charge < -0.3 is 20.4 Å². The molecule has 6 heteroatoms. The molecule has 2 amide bonds. The summed E-state index contributed by atoms with van der Waals surface area (Å²) in [7, 11) is 0. The highest BCUT2D eigenvalue weighted by Crippen LogP contribution is 2.28. The van der Waals surface area contributed by atoms with E-state index in [1.165, 1.54) is 17.7 Å². The SMILES string of the molecule is CC(NC(=O)N1C[C@H](O)C[C@@H]1C(=O)O)C1CCCC1. The van der Waals surface area contributed by atoms with Crippen LogP contribution in [0.3, 0.4) is 0 Å². The van der Waals surface area contributed by atoms with Crippen molar-refractivity contribution in [1.82, 2.24) is 10.2 Å². The van der Waals surface area contributed by atoms with Crippen LogP contribution in [0.5, 0.6) is 0 Å². The maximum Gasteiger partial charge on any atom is 0.326 e. The molecule has 0 aromatic rings. The lowest BCUT2D eigenvalue weighted by Crippen LogP contribution is -2.50. The lowest BCUT2D eigenvalue weighted by molar-refractivity contribution is -0.141. The van der Waals surface area contributed by atoms with Gasteiger partial charge in [0.05, 0.1) is 6.10 Å². The number of aliphatic hydroxyl groups excluding tert-OH is 1. The van der Waals surface area contributed by atoms with E-state index in [0.29, 0.717) is 5.92 Å². The molecule has 2 fully saturated rings. The highest BCUT2D eigenvalue weighted by Gasteiger charge is 2.39. The van der Waals surface area contributed by atoms with Crippen LogP contribution in [0.15, 0.2) is 0 Å². The minimum Gasteiger partial charge on any atom is -0.480 e. The molecule has 2 aliphatic rings. The summed E-state index contributed by atoms with van der Waals surface area (Å²) < 4.78 is 0. The molecule has 6 nitrogen and oxygen atoms in total. The van der Waals surface area contributed by atoms with Crippen LogP contribution in [-0.4, -0.2) is 51.8 Å². The first kappa shape index (κ1) is 14.1. The van der Waals surface area contributed by atoms with Gasteiger partial charge in [-0.15, -0.1) is 0 Å². The predicted molar refractivity (Wildman–Crippen MR) is 68.7 cm³/mol. The zero-order valence-electron chi connectivity index (χ0n) is 11.2. The van der Waals surface area contributed by atoms with Gasteiger partial charge in [0, 0.05) is 19.0 Å². The van der Waals surface area contributed by atoms with Gasteiger partial charge in [-0.05, 0) is 25.7 Å². The second-order valence-corrected chi connectivity index (χ2v) is 5.68. The number of likely N-dealkylation sites (tertiary alicyclic amines) is 1. The van der Waals surface area contributed by atoms with E-state index in [1.54, 1.807) is 0 Å². The number of aliphatic hydroxyl groups is 1. The lowest BCUT2D eigenvalue weighted by atomic mass is 10.00. The average molecular weight is 270 g/mol. The Morgan fingerprint density at radius 2 is 1.95 bits per heavy atom. The third kappa shape index (κ3) is 3.18. The number of urea groups is 1. The number of nitrogens with zero attached hydrogens (tertiary/aromatic N) is 1. The van der Waals surface area contributed by atoms with Crippen LogP contribution < -0.4 is 5.32 Å². The molecule has 1 aliphatic heterocycles. The first-order valence-electron chi connectivity index (χ1n) is 6.97. The normalized spacial score (nSPS) is 29.5. The zero-order valence-corrected chi connectivity index (χ0v) is 11.2. The van der Waals surface area contributed by atoms with Crippen molar-refractivity contribution in [2.75, 3.05) is 6.54 Å². The van der Waals surface area contributed by atoms with Crippen LogP contribution in [0.2, 0.25) is 0 Å². The number of nitrogens with one attached hydrogen (secondary N) is 1. The van der Waals surface area contributed by atoms with Gasteiger partial charge in [0.15, 0.2) is 0 Å². The van der Waals surface area contributed by atoms with Crippen molar-refractivity contribution in [2.45, 2.75) is 57.2 Å². The van der Waals surface area contributed by atoms with E-state index in [2.05, 4.69) is 5.32 Å². The topological polar surface area (TPSA) is 89.9 Å². The summed E-state index contributed by atoms with van der Waals surface area (Å²) in [6.07, 6.45) is 4.00. The molecule has 0 radical (unpaired) electrons. The standard InChI is InChI=1S/C13H22N2O4/c1-8(9-4-2-3-5-9)14-13(19)15-7-10(16)6-11(15)12(17)18/h8-11,16H,2-7H2,1H3,(H,14,19)(H,17,18)/t8?,10-,11-/m1/s1. The molecule has 1 saturated heterocycles. The molecule has 1 saturated carbocycles. The van der Waals surface area contributed by atoms with Crippen LogP contribution in [0.1, 0.15) is 39.0 Å². The largest absolute Gasteiger partial charge is 0.480 e. The van der Waals surface area contributed by atoms with Gasteiger partial charge >= 0.3 is 12.0 Å². The number of hydrogen-bond acceptors (Lipinski definition) is 3. The molecule has 0 spiro atoms. The molecule has 108 valence electrons. The Labute approximate surface area is 112 Å². The van der Waals surface area contributed by atoms with Gasteiger partial charge in [-0.2, -0.15) is 0 Å². The fraction of sp³-hybridized carbons (Fsp3) is 0.846. The Balaban J connectivity index is 1.92. The molecular formula is C13H22N2O4. The van der Waals surface area contributed by atoms with Gasteiger partial charge in [0.2, 0.25) is 0 Å². The minimum absolute atomic E-state index is 0.0576. The Bertz CT molecular complexity index is 355. The molecule has 1 aliphatic carbocycles. The summed E-state index contributed by atoms with van der Waals surface area (Å²) in [5.41, 5.74) is 0. The molecule has 1 heterocycles. The first-order valence-corrected chi connectivity index (χ1v) is 6.97. The smallest absolute Gasteiger partial charge is 0.326 e. The summed E-state index contributed by atoms with van der Waals surface area (Å²) in [5.74, 6) is -0.569. The average Bonchev–Trinajstić information content (AvgIpc) is 2.96. The number of carboxylic acids is 1. The van der Waals surface area contributed by atoms with E-state index in [0.717, 1.165) is 12.8 Å². The van der Waals surface area contributed by atoms with Crippen LogP contribution in [0.4, 0.5) is 4.79 Å². The number of aliphatic carboxylic acids is 1. The Morgan fingerprint density at radius 3 is 2.53 bits per heavy atom. The second-order valence-electron chi connectivity index (χ2n) is 5.68. The Morgan fingerprint density at radius 1 is 1.32 bits per heavy atom. The number of carbonyl (C=O) groups is 2. The number of hydrogen-bond donors (Lipinski definition) is 3. The quantitative estimate of drug-likeness (QED) is 0.707. The second kappa shape index (κ2) is 5.77. The fourth-order valence-electron chi connectivity index (χ4n) is 3.13. The van der Waals surface area contributed by atoms with E-state index in [4.69, 9.17) is 5.11 Å². The van der Waals surface area contributed by atoms with Crippen molar-refractivity contribution >= 4 is 12.0 Å². The van der Waals surface area contributed by atoms with E-state index in [1.807, 2.05) is 6.92 Å². The van der Waals surface area contributed by atoms with E-state index in [-0.39, 0.29) is 25.0 Å². The summed E-state index contributed by atoms with van der Waals surface area (Å²) in [5, 5.41) is 21.5. The van der Waals surface area contributed by atoms with Crippen molar-refractivity contribution < 1.29 is 19.8 Å². The zero-order chi connectivity index (χ0) is 14.0. The minimum atomic E-state index is -1.06.